The molecule has 0 bridgehead atoms. The van der Waals surface area contributed by atoms with Crippen LogP contribution in [0, 0.1) is 23.3 Å². The topological polar surface area (TPSA) is 38.4 Å². The van der Waals surface area contributed by atoms with Crippen LogP contribution in [-0.4, -0.2) is 5.84 Å². The molecule has 0 spiro atoms. The van der Waals surface area contributed by atoms with Gasteiger partial charge < -0.3 is 5.73 Å². The highest BCUT2D eigenvalue weighted by atomic mass is 19.2. The van der Waals surface area contributed by atoms with Crippen molar-refractivity contribution in [2.75, 3.05) is 0 Å². The van der Waals surface area contributed by atoms with Crippen molar-refractivity contribution in [3.63, 3.8) is 0 Å². The standard InChI is InChI=1S/C8H4F4N2/c9-4-2-1-14-8(13)3(2)5(10)7(12)6(4)11/h1H2,(H2,13,14). The van der Waals surface area contributed by atoms with Gasteiger partial charge in [0.05, 0.1) is 12.1 Å². The zero-order valence-corrected chi connectivity index (χ0v) is 6.74. The number of aliphatic imine (C=N–C) groups is 1. The maximum atomic E-state index is 13.1. The second-order valence-electron chi connectivity index (χ2n) is 2.81. The van der Waals surface area contributed by atoms with E-state index >= 15 is 0 Å². The lowest BCUT2D eigenvalue weighted by molar-refractivity contribution is 0.404. The fourth-order valence-electron chi connectivity index (χ4n) is 1.34. The first-order valence-corrected chi connectivity index (χ1v) is 3.69. The van der Waals surface area contributed by atoms with Gasteiger partial charge in [0, 0.05) is 5.56 Å². The second kappa shape index (κ2) is 2.70. The first kappa shape index (κ1) is 8.98. The summed E-state index contributed by atoms with van der Waals surface area (Å²) in [5.74, 6) is -6.91. The van der Waals surface area contributed by atoms with Crippen molar-refractivity contribution in [3.05, 3.63) is 34.4 Å². The SMILES string of the molecule is NC1=NCc2c(F)c(F)c(F)c(F)c21. The second-order valence-corrected chi connectivity index (χ2v) is 2.81. The number of hydrogen-bond acceptors (Lipinski definition) is 2. The predicted molar refractivity (Wildman–Crippen MR) is 40.7 cm³/mol. The van der Waals surface area contributed by atoms with Gasteiger partial charge >= 0.3 is 0 Å². The average molecular weight is 204 g/mol. The predicted octanol–water partition coefficient (Wildman–Crippen LogP) is 1.46. The zero-order valence-electron chi connectivity index (χ0n) is 6.74. The first-order chi connectivity index (χ1) is 6.54. The first-order valence-electron chi connectivity index (χ1n) is 3.69. The van der Waals surface area contributed by atoms with Crippen molar-refractivity contribution in [1.29, 1.82) is 0 Å². The molecule has 0 fully saturated rings. The van der Waals surface area contributed by atoms with E-state index in [0.717, 1.165) is 0 Å². The van der Waals surface area contributed by atoms with E-state index in [-0.39, 0.29) is 17.9 Å². The highest BCUT2D eigenvalue weighted by molar-refractivity contribution is 6.01. The molecule has 0 unspecified atom stereocenters. The third-order valence-corrected chi connectivity index (χ3v) is 2.03. The third-order valence-electron chi connectivity index (χ3n) is 2.03. The summed E-state index contributed by atoms with van der Waals surface area (Å²) in [4.78, 5) is 3.49. The molecule has 6 heteroatoms. The minimum Gasteiger partial charge on any atom is -0.383 e. The molecule has 0 aliphatic carbocycles. The maximum absolute atomic E-state index is 13.1. The number of hydrogen-bond donors (Lipinski definition) is 1. The van der Waals surface area contributed by atoms with Gasteiger partial charge in [0.15, 0.2) is 23.3 Å². The summed E-state index contributed by atoms with van der Waals surface area (Å²) in [7, 11) is 0. The summed E-state index contributed by atoms with van der Waals surface area (Å²) in [6, 6.07) is 0. The Labute approximate surface area is 76.1 Å². The van der Waals surface area contributed by atoms with E-state index in [2.05, 4.69) is 4.99 Å². The Morgan fingerprint density at radius 2 is 1.50 bits per heavy atom. The van der Waals surface area contributed by atoms with E-state index < -0.39 is 28.8 Å². The van der Waals surface area contributed by atoms with Crippen molar-refractivity contribution < 1.29 is 17.6 Å². The number of halogens is 4. The van der Waals surface area contributed by atoms with Crippen LogP contribution in [0.25, 0.3) is 0 Å². The molecule has 2 nitrogen and oxygen atoms in total. The molecule has 0 atom stereocenters. The van der Waals surface area contributed by atoms with Crippen LogP contribution in [0.3, 0.4) is 0 Å². The maximum Gasteiger partial charge on any atom is 0.198 e. The van der Waals surface area contributed by atoms with Crippen LogP contribution in [0.2, 0.25) is 0 Å². The fourth-order valence-corrected chi connectivity index (χ4v) is 1.34. The van der Waals surface area contributed by atoms with Gasteiger partial charge in [0.25, 0.3) is 0 Å². The van der Waals surface area contributed by atoms with E-state index in [0.29, 0.717) is 0 Å². The Kier molecular flexibility index (Phi) is 1.73. The van der Waals surface area contributed by atoms with Crippen LogP contribution < -0.4 is 5.73 Å². The van der Waals surface area contributed by atoms with Crippen LogP contribution in [0.4, 0.5) is 17.6 Å². The number of rotatable bonds is 0. The number of benzene rings is 1. The largest absolute Gasteiger partial charge is 0.383 e. The van der Waals surface area contributed by atoms with Gasteiger partial charge in [0.2, 0.25) is 0 Å². The van der Waals surface area contributed by atoms with Crippen LogP contribution in [0.1, 0.15) is 11.1 Å². The van der Waals surface area contributed by atoms with Gasteiger partial charge in [-0.25, -0.2) is 17.6 Å². The molecule has 14 heavy (non-hydrogen) atoms. The fraction of sp³-hybridized carbons (Fsp3) is 0.125. The molecule has 1 aromatic rings. The van der Waals surface area contributed by atoms with Crippen LogP contribution in [0.5, 0.6) is 0 Å². The Bertz CT molecular complexity index is 453. The van der Waals surface area contributed by atoms with E-state index in [1.807, 2.05) is 0 Å². The van der Waals surface area contributed by atoms with Crippen LogP contribution in [0.15, 0.2) is 4.99 Å². The number of fused-ring (bicyclic) bond motifs is 1. The molecule has 2 N–H and O–H groups in total. The van der Waals surface area contributed by atoms with Gasteiger partial charge in [-0.3, -0.25) is 4.99 Å². The molecule has 0 aromatic heterocycles. The van der Waals surface area contributed by atoms with Crippen molar-refractivity contribution in [2.24, 2.45) is 10.7 Å². The molecule has 74 valence electrons. The van der Waals surface area contributed by atoms with Crippen molar-refractivity contribution in [3.8, 4) is 0 Å². The summed E-state index contributed by atoms with van der Waals surface area (Å²) < 4.78 is 51.5. The molecule has 1 heterocycles. The molecule has 1 aliphatic heterocycles. The highest BCUT2D eigenvalue weighted by Crippen LogP contribution is 2.27. The summed E-state index contributed by atoms with van der Waals surface area (Å²) in [6.45, 7) is -0.263. The van der Waals surface area contributed by atoms with Gasteiger partial charge in [-0.15, -0.1) is 0 Å². The average Bonchev–Trinajstić information content (AvgIpc) is 2.54. The Morgan fingerprint density at radius 1 is 0.929 bits per heavy atom. The zero-order chi connectivity index (χ0) is 10.5. The lowest BCUT2D eigenvalue weighted by Gasteiger charge is -2.05. The van der Waals surface area contributed by atoms with Gasteiger partial charge in [-0.2, -0.15) is 0 Å². The van der Waals surface area contributed by atoms with Gasteiger partial charge in [0.1, 0.15) is 5.84 Å². The lowest BCUT2D eigenvalue weighted by atomic mass is 10.1. The monoisotopic (exact) mass is 204 g/mol. The number of amidine groups is 1. The molecule has 1 aliphatic rings. The van der Waals surface area contributed by atoms with Crippen molar-refractivity contribution in [2.45, 2.75) is 6.54 Å². The summed E-state index contributed by atoms with van der Waals surface area (Å²) in [6.07, 6.45) is 0. The molecular weight excluding hydrogens is 200 g/mol. The van der Waals surface area contributed by atoms with Crippen molar-refractivity contribution >= 4 is 5.84 Å². The van der Waals surface area contributed by atoms with Gasteiger partial charge in [-0.1, -0.05) is 0 Å². The molecule has 0 radical (unpaired) electrons. The highest BCUT2D eigenvalue weighted by Gasteiger charge is 2.29. The van der Waals surface area contributed by atoms with Crippen molar-refractivity contribution in [1.82, 2.24) is 0 Å². The molecule has 2 rings (SSSR count). The van der Waals surface area contributed by atoms with E-state index in [9.17, 15) is 17.6 Å². The Morgan fingerprint density at radius 3 is 2.14 bits per heavy atom. The van der Waals surface area contributed by atoms with E-state index in [1.54, 1.807) is 0 Å². The molecule has 0 amide bonds. The summed E-state index contributed by atoms with van der Waals surface area (Å²) in [5.41, 5.74) is 4.38. The Hall–Kier alpha value is -1.59. The molecule has 1 aromatic carbocycles. The summed E-state index contributed by atoms with van der Waals surface area (Å²) >= 11 is 0. The molecule has 0 saturated carbocycles. The molecule has 0 saturated heterocycles. The summed E-state index contributed by atoms with van der Waals surface area (Å²) in [5, 5.41) is 0. The lowest BCUT2D eigenvalue weighted by Crippen LogP contribution is -2.16. The van der Waals surface area contributed by atoms with E-state index in [4.69, 9.17) is 5.73 Å². The number of nitrogens with two attached hydrogens (primary N) is 1. The van der Waals surface area contributed by atoms with E-state index in [1.165, 1.54) is 0 Å². The minimum atomic E-state index is -1.86. The molecular formula is C8H4F4N2. The quantitative estimate of drug-likeness (QED) is 0.388. The van der Waals surface area contributed by atoms with Gasteiger partial charge in [-0.05, 0) is 0 Å². The van der Waals surface area contributed by atoms with Crippen LogP contribution >= 0.6 is 0 Å². The van der Waals surface area contributed by atoms with Crippen LogP contribution in [-0.2, 0) is 6.54 Å². The smallest absolute Gasteiger partial charge is 0.198 e. The Balaban J connectivity index is 2.83. The normalized spacial score (nSPS) is 14.1. The minimum absolute atomic E-state index is 0.263. The number of nitrogens with zero attached hydrogens (tertiary/aromatic N) is 1. The third kappa shape index (κ3) is 0.934.